The van der Waals surface area contributed by atoms with E-state index in [1.807, 2.05) is 6.92 Å². The van der Waals surface area contributed by atoms with Gasteiger partial charge in [-0.25, -0.2) is 0 Å². The number of rotatable bonds is 10. The Morgan fingerprint density at radius 2 is 1.30 bits per heavy atom. The molecule has 6 heteroatoms. The van der Waals surface area contributed by atoms with Crippen LogP contribution in [0.2, 0.25) is 0 Å². The average molecular weight is 290 g/mol. The Bertz CT molecular complexity index is 265. The van der Waals surface area contributed by atoms with Gasteiger partial charge in [0.15, 0.2) is 5.92 Å². The second-order valence-electron chi connectivity index (χ2n) is 4.69. The van der Waals surface area contributed by atoms with Gasteiger partial charge in [-0.15, -0.1) is 0 Å². The van der Waals surface area contributed by atoms with Crippen molar-refractivity contribution in [3.05, 3.63) is 0 Å². The van der Waals surface area contributed by atoms with Gasteiger partial charge in [0.1, 0.15) is 13.2 Å². The van der Waals surface area contributed by atoms with Crippen molar-refractivity contribution < 1.29 is 28.5 Å². The van der Waals surface area contributed by atoms with Crippen LogP contribution in [-0.4, -0.2) is 51.6 Å². The lowest BCUT2D eigenvalue weighted by molar-refractivity contribution is -0.166. The Morgan fingerprint density at radius 1 is 0.900 bits per heavy atom. The van der Waals surface area contributed by atoms with Crippen LogP contribution in [0.3, 0.4) is 0 Å². The molecule has 0 radical (unpaired) electrons. The largest absolute Gasteiger partial charge is 0.462 e. The SMILES string of the molecule is CCCC(C(=O)OCC(C)OC)C(=O)OCC(C)OC. The van der Waals surface area contributed by atoms with E-state index in [2.05, 4.69) is 0 Å². The van der Waals surface area contributed by atoms with Gasteiger partial charge in [-0.3, -0.25) is 9.59 Å². The fraction of sp³-hybridized carbons (Fsp3) is 0.857. The van der Waals surface area contributed by atoms with E-state index in [-0.39, 0.29) is 25.4 Å². The number of carbonyl (C=O) groups excluding carboxylic acids is 2. The van der Waals surface area contributed by atoms with E-state index in [0.717, 1.165) is 0 Å². The molecule has 0 spiro atoms. The molecule has 0 bridgehead atoms. The van der Waals surface area contributed by atoms with Crippen molar-refractivity contribution in [1.82, 2.24) is 0 Å². The van der Waals surface area contributed by atoms with E-state index in [4.69, 9.17) is 18.9 Å². The molecule has 20 heavy (non-hydrogen) atoms. The molecule has 0 aromatic carbocycles. The monoisotopic (exact) mass is 290 g/mol. The molecule has 0 saturated heterocycles. The molecule has 0 rings (SSSR count). The summed E-state index contributed by atoms with van der Waals surface area (Å²) in [5.41, 5.74) is 0. The predicted octanol–water partition coefficient (Wildman–Crippen LogP) is 1.56. The summed E-state index contributed by atoms with van der Waals surface area (Å²) in [6.07, 6.45) is 0.686. The fourth-order valence-electron chi connectivity index (χ4n) is 1.36. The highest BCUT2D eigenvalue weighted by Crippen LogP contribution is 2.12. The Kier molecular flexibility index (Phi) is 10.0. The second-order valence-corrected chi connectivity index (χ2v) is 4.69. The van der Waals surface area contributed by atoms with Crippen molar-refractivity contribution >= 4 is 11.9 Å². The summed E-state index contributed by atoms with van der Waals surface area (Å²) in [5.74, 6) is -2.01. The molecule has 2 atom stereocenters. The van der Waals surface area contributed by atoms with Gasteiger partial charge >= 0.3 is 11.9 Å². The molecule has 0 saturated carbocycles. The first-order valence-corrected chi connectivity index (χ1v) is 6.85. The average Bonchev–Trinajstić information content (AvgIpc) is 2.46. The van der Waals surface area contributed by atoms with E-state index < -0.39 is 17.9 Å². The standard InChI is InChI=1S/C14H26O6/c1-6-7-12(13(15)19-8-10(2)17-4)14(16)20-9-11(3)18-5/h10-12H,6-9H2,1-5H3. The van der Waals surface area contributed by atoms with Crippen LogP contribution < -0.4 is 0 Å². The van der Waals surface area contributed by atoms with Gasteiger partial charge in [-0.05, 0) is 20.3 Å². The van der Waals surface area contributed by atoms with Crippen LogP contribution in [0, 0.1) is 5.92 Å². The Labute approximate surface area is 120 Å². The molecule has 0 aliphatic carbocycles. The van der Waals surface area contributed by atoms with Gasteiger partial charge in [0.05, 0.1) is 12.2 Å². The third kappa shape index (κ3) is 7.45. The summed E-state index contributed by atoms with van der Waals surface area (Å²) in [7, 11) is 3.06. The first-order chi connectivity index (χ1) is 9.46. The zero-order chi connectivity index (χ0) is 15.5. The lowest BCUT2D eigenvalue weighted by atomic mass is 10.0. The van der Waals surface area contributed by atoms with Crippen molar-refractivity contribution in [2.45, 2.75) is 45.8 Å². The van der Waals surface area contributed by atoms with Gasteiger partial charge in [-0.1, -0.05) is 13.3 Å². The first-order valence-electron chi connectivity index (χ1n) is 6.85. The minimum Gasteiger partial charge on any atom is -0.462 e. The van der Waals surface area contributed by atoms with Crippen LogP contribution in [-0.2, 0) is 28.5 Å². The molecule has 0 heterocycles. The van der Waals surface area contributed by atoms with E-state index >= 15 is 0 Å². The Hall–Kier alpha value is -1.14. The van der Waals surface area contributed by atoms with Crippen molar-refractivity contribution in [2.24, 2.45) is 5.92 Å². The van der Waals surface area contributed by atoms with Gasteiger partial charge < -0.3 is 18.9 Å². The van der Waals surface area contributed by atoms with E-state index in [1.165, 1.54) is 14.2 Å². The fourth-order valence-corrected chi connectivity index (χ4v) is 1.36. The van der Waals surface area contributed by atoms with Crippen molar-refractivity contribution in [1.29, 1.82) is 0 Å². The molecule has 6 nitrogen and oxygen atoms in total. The molecule has 0 fully saturated rings. The molecule has 0 aliphatic heterocycles. The molecule has 0 amide bonds. The third-order valence-corrected chi connectivity index (χ3v) is 2.87. The predicted molar refractivity (Wildman–Crippen MR) is 73.3 cm³/mol. The summed E-state index contributed by atoms with van der Waals surface area (Å²) in [6.45, 7) is 5.69. The molecule has 118 valence electrons. The van der Waals surface area contributed by atoms with E-state index in [9.17, 15) is 9.59 Å². The highest BCUT2D eigenvalue weighted by molar-refractivity contribution is 5.94. The smallest absolute Gasteiger partial charge is 0.320 e. The molecular weight excluding hydrogens is 264 g/mol. The summed E-state index contributed by atoms with van der Waals surface area (Å²) in [5, 5.41) is 0. The van der Waals surface area contributed by atoms with Crippen LogP contribution in [0.25, 0.3) is 0 Å². The van der Waals surface area contributed by atoms with Crippen LogP contribution >= 0.6 is 0 Å². The van der Waals surface area contributed by atoms with Crippen LogP contribution in [0.1, 0.15) is 33.6 Å². The normalized spacial score (nSPS) is 15.2. The Balaban J connectivity index is 4.38. The van der Waals surface area contributed by atoms with Crippen molar-refractivity contribution in [3.63, 3.8) is 0 Å². The Morgan fingerprint density at radius 3 is 1.60 bits per heavy atom. The van der Waals surface area contributed by atoms with Gasteiger partial charge in [0.2, 0.25) is 0 Å². The first kappa shape index (κ1) is 18.9. The molecule has 2 unspecified atom stereocenters. The lowest BCUT2D eigenvalue weighted by Gasteiger charge is -2.17. The van der Waals surface area contributed by atoms with Crippen LogP contribution in [0.15, 0.2) is 0 Å². The van der Waals surface area contributed by atoms with Gasteiger partial charge in [0, 0.05) is 14.2 Å². The quantitative estimate of drug-likeness (QED) is 0.449. The number of esters is 2. The summed E-state index contributed by atoms with van der Waals surface area (Å²) in [6, 6.07) is 0. The number of hydrogen-bond acceptors (Lipinski definition) is 6. The van der Waals surface area contributed by atoms with Crippen molar-refractivity contribution in [2.75, 3.05) is 27.4 Å². The highest BCUT2D eigenvalue weighted by Gasteiger charge is 2.29. The summed E-state index contributed by atoms with van der Waals surface area (Å²) >= 11 is 0. The maximum absolute atomic E-state index is 11.9. The third-order valence-electron chi connectivity index (χ3n) is 2.87. The zero-order valence-electron chi connectivity index (χ0n) is 13.0. The number of hydrogen-bond donors (Lipinski definition) is 0. The van der Waals surface area contributed by atoms with E-state index in [1.54, 1.807) is 13.8 Å². The minimum atomic E-state index is -0.881. The van der Waals surface area contributed by atoms with E-state index in [0.29, 0.717) is 12.8 Å². The zero-order valence-corrected chi connectivity index (χ0v) is 13.0. The maximum atomic E-state index is 11.9. The number of carbonyl (C=O) groups is 2. The summed E-state index contributed by atoms with van der Waals surface area (Å²) in [4.78, 5) is 23.8. The number of ether oxygens (including phenoxy) is 4. The summed E-state index contributed by atoms with van der Waals surface area (Å²) < 4.78 is 20.1. The minimum absolute atomic E-state index is 0.122. The molecule has 0 aromatic rings. The molecule has 0 aromatic heterocycles. The van der Waals surface area contributed by atoms with Gasteiger partial charge in [-0.2, -0.15) is 0 Å². The van der Waals surface area contributed by atoms with Crippen molar-refractivity contribution in [3.8, 4) is 0 Å². The maximum Gasteiger partial charge on any atom is 0.320 e. The molecule has 0 aliphatic rings. The van der Waals surface area contributed by atoms with Gasteiger partial charge in [0.25, 0.3) is 0 Å². The van der Waals surface area contributed by atoms with Crippen LogP contribution in [0.5, 0.6) is 0 Å². The lowest BCUT2D eigenvalue weighted by Crippen LogP contribution is -2.31. The molecular formula is C14H26O6. The molecule has 0 N–H and O–H groups in total. The number of methoxy groups -OCH3 is 2. The van der Waals surface area contributed by atoms with Crippen LogP contribution in [0.4, 0.5) is 0 Å². The highest BCUT2D eigenvalue weighted by atomic mass is 16.6. The topological polar surface area (TPSA) is 71.1 Å². The second kappa shape index (κ2) is 10.6.